The second-order valence-corrected chi connectivity index (χ2v) is 6.88. The second-order valence-electron chi connectivity index (χ2n) is 5.46. The molecule has 6 nitrogen and oxygen atoms in total. The Hall–Kier alpha value is -3.60. The minimum absolute atomic E-state index is 0.176. The van der Waals surface area contributed by atoms with Crippen LogP contribution in [0.25, 0.3) is 10.8 Å². The van der Waals surface area contributed by atoms with Gasteiger partial charge in [0.1, 0.15) is 29.0 Å². The second kappa shape index (κ2) is 6.85. The van der Waals surface area contributed by atoms with Crippen LogP contribution in [0.2, 0.25) is 0 Å². The van der Waals surface area contributed by atoms with Gasteiger partial charge in [0.05, 0.1) is 4.90 Å². The van der Waals surface area contributed by atoms with Crippen LogP contribution >= 0.6 is 0 Å². The topological polar surface area (TPSA) is 111 Å². The maximum atomic E-state index is 14.4. The van der Waals surface area contributed by atoms with Gasteiger partial charge in [-0.2, -0.15) is 23.3 Å². The van der Waals surface area contributed by atoms with Crippen LogP contribution in [0.15, 0.2) is 41.3 Å². The van der Waals surface area contributed by atoms with Gasteiger partial charge >= 0.3 is 0 Å². The molecule has 0 atom stereocenters. The lowest BCUT2D eigenvalue weighted by Crippen LogP contribution is -2.04. The first kappa shape index (κ1) is 19.2. The number of rotatable bonds is 3. The van der Waals surface area contributed by atoms with E-state index in [1.54, 1.807) is 0 Å². The number of nitrogens with zero attached hydrogens (tertiary/aromatic N) is 2. The Labute approximate surface area is 156 Å². The fraction of sp³-hybridized carbons (Fsp3) is 0. The van der Waals surface area contributed by atoms with Crippen LogP contribution in [-0.4, -0.2) is 13.0 Å². The molecular weight excluding hydrogens is 397 g/mol. The Morgan fingerprint density at radius 2 is 1.57 bits per heavy atom. The van der Waals surface area contributed by atoms with Gasteiger partial charge in [-0.15, -0.1) is 0 Å². The number of hydrogen-bond donors (Lipinski definition) is 1. The van der Waals surface area contributed by atoms with Crippen molar-refractivity contribution >= 4 is 20.9 Å². The summed E-state index contributed by atoms with van der Waals surface area (Å²) in [5.41, 5.74) is -2.09. The predicted molar refractivity (Wildman–Crippen MR) is 89.6 cm³/mol. The molecule has 0 spiro atoms. The van der Waals surface area contributed by atoms with E-state index < -0.39 is 49.3 Å². The van der Waals surface area contributed by atoms with Gasteiger partial charge < -0.3 is 4.74 Å². The van der Waals surface area contributed by atoms with Crippen LogP contribution in [0.4, 0.5) is 13.2 Å². The Kier molecular flexibility index (Phi) is 4.69. The van der Waals surface area contributed by atoms with Crippen molar-refractivity contribution in [2.45, 2.75) is 4.90 Å². The van der Waals surface area contributed by atoms with Crippen molar-refractivity contribution < 1.29 is 30.9 Å². The first-order valence-electron chi connectivity index (χ1n) is 7.37. The average molecular weight is 404 g/mol. The fourth-order valence-electron chi connectivity index (χ4n) is 2.53. The summed E-state index contributed by atoms with van der Waals surface area (Å²) < 4.78 is 79.4. The Balaban J connectivity index is 2.21. The van der Waals surface area contributed by atoms with E-state index in [4.69, 9.17) is 19.8 Å². The zero-order valence-electron chi connectivity index (χ0n) is 13.6. The van der Waals surface area contributed by atoms with Gasteiger partial charge in [-0.1, -0.05) is 12.1 Å². The molecule has 0 amide bonds. The third-order valence-electron chi connectivity index (χ3n) is 3.83. The van der Waals surface area contributed by atoms with Crippen molar-refractivity contribution in [3.8, 4) is 23.6 Å². The molecule has 1 N–H and O–H groups in total. The monoisotopic (exact) mass is 404 g/mol. The van der Waals surface area contributed by atoms with Crippen LogP contribution in [-0.2, 0) is 10.1 Å². The SMILES string of the molecule is N#Cc1c(F)c(F)c(Oc2cccc3cc(S(=O)(=O)O)ccc23)c(F)c1C#N. The van der Waals surface area contributed by atoms with Crippen molar-refractivity contribution in [2.75, 3.05) is 0 Å². The highest BCUT2D eigenvalue weighted by Crippen LogP contribution is 2.36. The molecule has 0 fully saturated rings. The first-order chi connectivity index (χ1) is 13.2. The summed E-state index contributed by atoms with van der Waals surface area (Å²) in [6, 6.07) is 9.96. The van der Waals surface area contributed by atoms with Crippen molar-refractivity contribution in [1.29, 1.82) is 10.5 Å². The molecule has 28 heavy (non-hydrogen) atoms. The molecule has 0 saturated heterocycles. The van der Waals surface area contributed by atoms with E-state index >= 15 is 0 Å². The van der Waals surface area contributed by atoms with E-state index in [1.165, 1.54) is 36.4 Å². The lowest BCUT2D eigenvalue weighted by atomic mass is 10.1. The standard InChI is InChI=1S/C18H7F3N2O4S/c19-15-12(7-22)13(8-23)16(20)18(17(15)21)27-14-3-1-2-9-6-10(28(24,25)26)4-5-11(9)14/h1-6H,(H,24,25,26). The van der Waals surface area contributed by atoms with Gasteiger partial charge in [0, 0.05) is 5.39 Å². The Morgan fingerprint density at radius 1 is 0.929 bits per heavy atom. The third-order valence-corrected chi connectivity index (χ3v) is 4.68. The number of nitriles is 2. The number of hydrogen-bond acceptors (Lipinski definition) is 5. The number of halogens is 3. The summed E-state index contributed by atoms with van der Waals surface area (Å²) in [7, 11) is -4.48. The quantitative estimate of drug-likeness (QED) is 0.521. The summed E-state index contributed by atoms with van der Waals surface area (Å²) in [4.78, 5) is -0.411. The summed E-state index contributed by atoms with van der Waals surface area (Å²) >= 11 is 0. The van der Waals surface area contributed by atoms with E-state index in [9.17, 15) is 21.6 Å². The van der Waals surface area contributed by atoms with Gasteiger partial charge in [-0.05, 0) is 29.7 Å². The molecule has 0 aliphatic rings. The van der Waals surface area contributed by atoms with Gasteiger partial charge in [0.25, 0.3) is 10.1 Å². The lowest BCUT2D eigenvalue weighted by Gasteiger charge is -2.13. The molecule has 0 radical (unpaired) electrons. The molecule has 0 saturated carbocycles. The van der Waals surface area contributed by atoms with Gasteiger partial charge in [-0.25, -0.2) is 8.78 Å². The maximum absolute atomic E-state index is 14.4. The zero-order valence-corrected chi connectivity index (χ0v) is 14.4. The van der Waals surface area contributed by atoms with E-state index in [1.807, 2.05) is 0 Å². The van der Waals surface area contributed by atoms with Crippen LogP contribution in [0.1, 0.15) is 11.1 Å². The van der Waals surface area contributed by atoms with Crippen LogP contribution in [0, 0.1) is 40.1 Å². The van der Waals surface area contributed by atoms with Crippen molar-refractivity contribution in [3.63, 3.8) is 0 Å². The number of ether oxygens (including phenoxy) is 1. The number of benzene rings is 3. The van der Waals surface area contributed by atoms with E-state index in [0.29, 0.717) is 0 Å². The van der Waals surface area contributed by atoms with Crippen LogP contribution in [0.3, 0.4) is 0 Å². The molecule has 0 aliphatic heterocycles. The highest BCUT2D eigenvalue weighted by atomic mass is 32.2. The van der Waals surface area contributed by atoms with Gasteiger partial charge in [0.15, 0.2) is 11.6 Å². The Bertz CT molecular complexity index is 1330. The highest BCUT2D eigenvalue weighted by molar-refractivity contribution is 7.85. The molecule has 0 heterocycles. The third kappa shape index (κ3) is 3.11. The molecule has 0 bridgehead atoms. The molecule has 10 heteroatoms. The number of fused-ring (bicyclic) bond motifs is 1. The van der Waals surface area contributed by atoms with Crippen molar-refractivity contribution in [2.24, 2.45) is 0 Å². The van der Waals surface area contributed by atoms with E-state index in [2.05, 4.69) is 0 Å². The molecule has 0 aliphatic carbocycles. The summed E-state index contributed by atoms with van der Waals surface area (Å²) in [6.45, 7) is 0. The minimum atomic E-state index is -4.48. The summed E-state index contributed by atoms with van der Waals surface area (Å²) in [5.74, 6) is -6.47. The zero-order chi connectivity index (χ0) is 20.6. The molecule has 140 valence electrons. The maximum Gasteiger partial charge on any atom is 0.294 e. The molecular formula is C18H7F3N2O4S. The molecule has 0 aromatic heterocycles. The summed E-state index contributed by atoms with van der Waals surface area (Å²) in [6.07, 6.45) is 0. The predicted octanol–water partition coefficient (Wildman–Crippen LogP) is 4.04. The highest BCUT2D eigenvalue weighted by Gasteiger charge is 2.27. The fourth-order valence-corrected chi connectivity index (χ4v) is 3.05. The Morgan fingerprint density at radius 3 is 2.18 bits per heavy atom. The molecule has 3 rings (SSSR count). The summed E-state index contributed by atoms with van der Waals surface area (Å²) in [5, 5.41) is 18.2. The molecule has 3 aromatic rings. The first-order valence-corrected chi connectivity index (χ1v) is 8.81. The molecule has 3 aromatic carbocycles. The van der Waals surface area contributed by atoms with Crippen LogP contribution in [0.5, 0.6) is 11.5 Å². The van der Waals surface area contributed by atoms with E-state index in [0.717, 1.165) is 12.1 Å². The van der Waals surface area contributed by atoms with Crippen LogP contribution < -0.4 is 4.74 Å². The van der Waals surface area contributed by atoms with Gasteiger partial charge in [-0.3, -0.25) is 4.55 Å². The van der Waals surface area contributed by atoms with Crippen molar-refractivity contribution in [1.82, 2.24) is 0 Å². The normalized spacial score (nSPS) is 11.1. The minimum Gasteiger partial charge on any atom is -0.450 e. The molecule has 0 unspecified atom stereocenters. The van der Waals surface area contributed by atoms with Crippen molar-refractivity contribution in [3.05, 3.63) is 65.0 Å². The van der Waals surface area contributed by atoms with E-state index in [-0.39, 0.29) is 16.5 Å². The lowest BCUT2D eigenvalue weighted by molar-refractivity contribution is 0.387. The average Bonchev–Trinajstić information content (AvgIpc) is 2.66. The van der Waals surface area contributed by atoms with Gasteiger partial charge in [0.2, 0.25) is 11.6 Å². The smallest absolute Gasteiger partial charge is 0.294 e. The largest absolute Gasteiger partial charge is 0.450 e.